The molecule has 1 aliphatic carbocycles. The lowest BCUT2D eigenvalue weighted by Crippen LogP contribution is -2.34. The first-order valence-corrected chi connectivity index (χ1v) is 8.96. The van der Waals surface area contributed by atoms with E-state index >= 15 is 0 Å². The second-order valence-corrected chi connectivity index (χ2v) is 7.22. The van der Waals surface area contributed by atoms with Crippen LogP contribution in [0.5, 0.6) is 11.5 Å². The lowest BCUT2D eigenvalue weighted by atomic mass is 9.95. The molecular weight excluding hydrogens is 361 g/mol. The van der Waals surface area contributed by atoms with Crippen molar-refractivity contribution in [2.75, 3.05) is 13.2 Å². The van der Waals surface area contributed by atoms with E-state index in [1.54, 1.807) is 6.07 Å². The average molecular weight is 378 g/mol. The zero-order chi connectivity index (χ0) is 17.4. The first-order valence-electron chi connectivity index (χ1n) is 8.21. The number of benzene rings is 2. The van der Waals surface area contributed by atoms with Gasteiger partial charge in [-0.05, 0) is 48.2 Å². The number of amides is 1. The number of rotatable bonds is 4. The highest BCUT2D eigenvalue weighted by Gasteiger charge is 2.51. The van der Waals surface area contributed by atoms with Gasteiger partial charge in [0.15, 0.2) is 11.5 Å². The van der Waals surface area contributed by atoms with E-state index in [0.29, 0.717) is 41.3 Å². The minimum atomic E-state index is -0.456. The summed E-state index contributed by atoms with van der Waals surface area (Å²) in [7, 11) is 0. The number of nitrogens with one attached hydrogen (secondary N) is 1. The highest BCUT2D eigenvalue weighted by atomic mass is 35.5. The molecule has 1 aliphatic heterocycles. The van der Waals surface area contributed by atoms with Crippen LogP contribution in [0.3, 0.4) is 0 Å². The van der Waals surface area contributed by atoms with Crippen LogP contribution in [0.15, 0.2) is 36.4 Å². The first-order chi connectivity index (χ1) is 12.1. The molecule has 0 saturated heterocycles. The third kappa shape index (κ3) is 3.16. The van der Waals surface area contributed by atoms with E-state index in [2.05, 4.69) is 5.32 Å². The maximum absolute atomic E-state index is 12.7. The predicted molar refractivity (Wildman–Crippen MR) is 96.7 cm³/mol. The fourth-order valence-corrected chi connectivity index (χ4v) is 3.65. The standard InChI is InChI=1S/C19H17Cl2NO3/c20-14-3-1-2-13(10-14)19(4-5-19)18(23)22-11-12-8-15(21)17-16(9-12)24-6-7-25-17/h1-3,8-10H,4-7,11H2,(H,22,23). The van der Waals surface area contributed by atoms with Crippen molar-refractivity contribution < 1.29 is 14.3 Å². The van der Waals surface area contributed by atoms with E-state index in [0.717, 1.165) is 24.0 Å². The molecule has 0 bridgehead atoms. The number of carbonyl (C=O) groups excluding carboxylic acids is 1. The highest BCUT2D eigenvalue weighted by molar-refractivity contribution is 6.32. The molecule has 6 heteroatoms. The number of hydrogen-bond donors (Lipinski definition) is 1. The largest absolute Gasteiger partial charge is 0.486 e. The van der Waals surface area contributed by atoms with Crippen molar-refractivity contribution in [2.45, 2.75) is 24.8 Å². The number of halogens is 2. The molecule has 2 aromatic carbocycles. The molecule has 130 valence electrons. The van der Waals surface area contributed by atoms with Gasteiger partial charge in [-0.2, -0.15) is 0 Å². The summed E-state index contributed by atoms with van der Waals surface area (Å²) >= 11 is 12.3. The van der Waals surface area contributed by atoms with Crippen LogP contribution in [0, 0.1) is 0 Å². The van der Waals surface area contributed by atoms with Crippen molar-refractivity contribution in [3.63, 3.8) is 0 Å². The molecule has 1 heterocycles. The summed E-state index contributed by atoms with van der Waals surface area (Å²) in [6, 6.07) is 11.2. The van der Waals surface area contributed by atoms with Crippen LogP contribution >= 0.6 is 23.2 Å². The van der Waals surface area contributed by atoms with Crippen LogP contribution in [0.25, 0.3) is 0 Å². The van der Waals surface area contributed by atoms with Crippen LogP contribution in [-0.4, -0.2) is 19.1 Å². The molecule has 2 aromatic rings. The van der Waals surface area contributed by atoms with Gasteiger partial charge in [-0.15, -0.1) is 0 Å². The minimum absolute atomic E-state index is 0.0146. The smallest absolute Gasteiger partial charge is 0.230 e. The topological polar surface area (TPSA) is 47.6 Å². The van der Waals surface area contributed by atoms with E-state index in [-0.39, 0.29) is 5.91 Å². The molecule has 4 rings (SSSR count). The summed E-state index contributed by atoms with van der Waals surface area (Å²) in [6.45, 7) is 1.37. The molecule has 1 amide bonds. The highest BCUT2D eigenvalue weighted by Crippen LogP contribution is 2.49. The van der Waals surface area contributed by atoms with Gasteiger partial charge in [-0.1, -0.05) is 35.3 Å². The Bertz CT molecular complexity index is 833. The van der Waals surface area contributed by atoms with Crippen LogP contribution in [0.1, 0.15) is 24.0 Å². The zero-order valence-corrected chi connectivity index (χ0v) is 15.0. The Morgan fingerprint density at radius 1 is 1.12 bits per heavy atom. The van der Waals surface area contributed by atoms with Gasteiger partial charge < -0.3 is 14.8 Å². The molecular formula is C19H17Cl2NO3. The zero-order valence-electron chi connectivity index (χ0n) is 13.5. The van der Waals surface area contributed by atoms with Crippen molar-refractivity contribution >= 4 is 29.1 Å². The van der Waals surface area contributed by atoms with Gasteiger partial charge in [0, 0.05) is 11.6 Å². The third-order valence-corrected chi connectivity index (χ3v) is 5.19. The molecule has 0 aromatic heterocycles. The summed E-state index contributed by atoms with van der Waals surface area (Å²) < 4.78 is 11.1. The Balaban J connectivity index is 1.48. The van der Waals surface area contributed by atoms with E-state index < -0.39 is 5.41 Å². The van der Waals surface area contributed by atoms with E-state index in [4.69, 9.17) is 32.7 Å². The van der Waals surface area contributed by atoms with Crippen molar-refractivity contribution in [3.05, 3.63) is 57.6 Å². The molecule has 2 aliphatic rings. The first kappa shape index (κ1) is 16.6. The maximum atomic E-state index is 12.7. The second-order valence-electron chi connectivity index (χ2n) is 6.38. The molecule has 1 fully saturated rings. The summed E-state index contributed by atoms with van der Waals surface area (Å²) in [5.41, 5.74) is 1.39. The summed E-state index contributed by atoms with van der Waals surface area (Å²) in [5.74, 6) is 1.21. The van der Waals surface area contributed by atoms with E-state index in [9.17, 15) is 4.79 Å². The lowest BCUT2D eigenvalue weighted by Gasteiger charge is -2.21. The SMILES string of the molecule is O=C(NCc1cc(Cl)c2c(c1)OCCO2)C1(c2cccc(Cl)c2)CC1. The maximum Gasteiger partial charge on any atom is 0.230 e. The van der Waals surface area contributed by atoms with Crippen LogP contribution in [-0.2, 0) is 16.8 Å². The molecule has 25 heavy (non-hydrogen) atoms. The lowest BCUT2D eigenvalue weighted by molar-refractivity contribution is -0.123. The molecule has 0 atom stereocenters. The molecule has 1 N–H and O–H groups in total. The quantitative estimate of drug-likeness (QED) is 0.871. The normalized spacial score (nSPS) is 17.0. The van der Waals surface area contributed by atoms with Gasteiger partial charge in [0.2, 0.25) is 5.91 Å². The Labute approximate surface area is 156 Å². The van der Waals surface area contributed by atoms with Crippen LogP contribution in [0.4, 0.5) is 0 Å². The summed E-state index contributed by atoms with van der Waals surface area (Å²) in [5, 5.41) is 4.16. The Morgan fingerprint density at radius 3 is 2.68 bits per heavy atom. The van der Waals surface area contributed by atoms with Crippen LogP contribution < -0.4 is 14.8 Å². The van der Waals surface area contributed by atoms with Gasteiger partial charge in [-0.3, -0.25) is 4.79 Å². The number of ether oxygens (including phenoxy) is 2. The number of carbonyl (C=O) groups is 1. The Morgan fingerprint density at radius 2 is 1.92 bits per heavy atom. The minimum Gasteiger partial charge on any atom is -0.486 e. The van der Waals surface area contributed by atoms with Gasteiger partial charge in [0.1, 0.15) is 13.2 Å². The van der Waals surface area contributed by atoms with E-state index in [1.807, 2.05) is 30.3 Å². The van der Waals surface area contributed by atoms with Crippen molar-refractivity contribution in [2.24, 2.45) is 0 Å². The molecule has 4 nitrogen and oxygen atoms in total. The van der Waals surface area contributed by atoms with Gasteiger partial charge in [0.25, 0.3) is 0 Å². The fourth-order valence-electron chi connectivity index (χ4n) is 3.18. The van der Waals surface area contributed by atoms with Crippen molar-refractivity contribution in [1.82, 2.24) is 5.32 Å². The Kier molecular flexibility index (Phi) is 4.26. The van der Waals surface area contributed by atoms with Gasteiger partial charge >= 0.3 is 0 Å². The second kappa shape index (κ2) is 6.43. The molecule has 0 spiro atoms. The summed E-state index contributed by atoms with van der Waals surface area (Å²) in [6.07, 6.45) is 1.67. The molecule has 0 unspecified atom stereocenters. The number of hydrogen-bond acceptors (Lipinski definition) is 3. The number of fused-ring (bicyclic) bond motifs is 1. The van der Waals surface area contributed by atoms with Gasteiger partial charge in [-0.25, -0.2) is 0 Å². The summed E-state index contributed by atoms with van der Waals surface area (Å²) in [4.78, 5) is 12.7. The third-order valence-electron chi connectivity index (χ3n) is 4.67. The molecule has 1 saturated carbocycles. The van der Waals surface area contributed by atoms with Gasteiger partial charge in [0.05, 0.1) is 10.4 Å². The predicted octanol–water partition coefficient (Wildman–Crippen LogP) is 4.11. The monoisotopic (exact) mass is 377 g/mol. The average Bonchev–Trinajstić information content (AvgIpc) is 3.42. The fraction of sp³-hybridized carbons (Fsp3) is 0.316. The molecule has 0 radical (unpaired) electrons. The van der Waals surface area contributed by atoms with E-state index in [1.165, 1.54) is 0 Å². The van der Waals surface area contributed by atoms with Crippen LogP contribution in [0.2, 0.25) is 10.0 Å². The van der Waals surface area contributed by atoms with Crippen molar-refractivity contribution in [1.29, 1.82) is 0 Å². The van der Waals surface area contributed by atoms with Crippen molar-refractivity contribution in [3.8, 4) is 11.5 Å². The Hall–Kier alpha value is -1.91.